The van der Waals surface area contributed by atoms with E-state index in [4.69, 9.17) is 4.74 Å². The highest BCUT2D eigenvalue weighted by Gasteiger charge is 2.23. The van der Waals surface area contributed by atoms with E-state index in [-0.39, 0.29) is 4.88 Å². The molecule has 0 aliphatic heterocycles. The first-order valence-corrected chi connectivity index (χ1v) is 9.62. The van der Waals surface area contributed by atoms with E-state index in [1.54, 1.807) is 25.1 Å². The molecule has 1 N–H and O–H groups in total. The van der Waals surface area contributed by atoms with Crippen molar-refractivity contribution in [3.05, 3.63) is 58.5 Å². The quantitative estimate of drug-likeness (QED) is 0.730. The standard InChI is InChI=1S/C17H13F2NO4S2/c1-9-12-7-10(24-2)3-6-15(12)25-16(9)17(21)20-26(22,23)11-4-5-13(18)14(19)8-11/h3-8H,1-2H3,(H,20,21). The zero-order valence-corrected chi connectivity index (χ0v) is 15.3. The van der Waals surface area contributed by atoms with Crippen LogP contribution in [0.5, 0.6) is 5.75 Å². The summed E-state index contributed by atoms with van der Waals surface area (Å²) in [7, 11) is -2.82. The Morgan fingerprint density at radius 2 is 1.85 bits per heavy atom. The molecule has 2 aromatic carbocycles. The summed E-state index contributed by atoms with van der Waals surface area (Å²) in [6, 6.07) is 7.35. The van der Waals surface area contributed by atoms with Crippen LogP contribution < -0.4 is 9.46 Å². The highest BCUT2D eigenvalue weighted by molar-refractivity contribution is 7.90. The van der Waals surface area contributed by atoms with Crippen molar-refractivity contribution in [2.45, 2.75) is 11.8 Å². The van der Waals surface area contributed by atoms with E-state index in [9.17, 15) is 22.0 Å². The van der Waals surface area contributed by atoms with Gasteiger partial charge in [-0.25, -0.2) is 21.9 Å². The van der Waals surface area contributed by atoms with Crippen LogP contribution in [-0.2, 0) is 10.0 Å². The van der Waals surface area contributed by atoms with Gasteiger partial charge >= 0.3 is 0 Å². The molecule has 0 fully saturated rings. The molecule has 0 atom stereocenters. The van der Waals surface area contributed by atoms with Crippen LogP contribution in [0.4, 0.5) is 8.78 Å². The van der Waals surface area contributed by atoms with Crippen LogP contribution in [0.15, 0.2) is 41.3 Å². The van der Waals surface area contributed by atoms with Crippen LogP contribution in [0, 0.1) is 18.6 Å². The van der Waals surface area contributed by atoms with Gasteiger partial charge in [-0.15, -0.1) is 11.3 Å². The number of rotatable bonds is 4. The maximum Gasteiger partial charge on any atom is 0.275 e. The topological polar surface area (TPSA) is 72.5 Å². The Balaban J connectivity index is 1.95. The second-order valence-corrected chi connectivity index (χ2v) is 8.16. The van der Waals surface area contributed by atoms with Crippen LogP contribution in [0.1, 0.15) is 15.2 Å². The fraction of sp³-hybridized carbons (Fsp3) is 0.118. The normalized spacial score (nSPS) is 11.5. The van der Waals surface area contributed by atoms with E-state index in [1.165, 1.54) is 7.11 Å². The number of ether oxygens (including phenoxy) is 1. The van der Waals surface area contributed by atoms with E-state index >= 15 is 0 Å². The Morgan fingerprint density at radius 1 is 1.12 bits per heavy atom. The number of halogens is 2. The molecule has 0 radical (unpaired) electrons. The number of methoxy groups -OCH3 is 1. The molecule has 0 aliphatic rings. The molecule has 5 nitrogen and oxygen atoms in total. The van der Waals surface area contributed by atoms with Crippen molar-refractivity contribution in [1.82, 2.24) is 4.72 Å². The third-order valence-electron chi connectivity index (χ3n) is 3.78. The van der Waals surface area contributed by atoms with Gasteiger partial charge in [-0.1, -0.05) is 0 Å². The molecule has 0 spiro atoms. The van der Waals surface area contributed by atoms with Crippen LogP contribution in [-0.4, -0.2) is 21.4 Å². The molecule has 136 valence electrons. The smallest absolute Gasteiger partial charge is 0.275 e. The number of carbonyl (C=O) groups excluding carboxylic acids is 1. The van der Waals surface area contributed by atoms with E-state index in [1.807, 2.05) is 4.72 Å². The highest BCUT2D eigenvalue weighted by atomic mass is 32.2. The molecule has 0 unspecified atom stereocenters. The summed E-state index contributed by atoms with van der Waals surface area (Å²) in [5.41, 5.74) is 0.599. The number of fused-ring (bicyclic) bond motifs is 1. The van der Waals surface area contributed by atoms with Crippen molar-refractivity contribution < 1.29 is 26.7 Å². The maximum atomic E-state index is 13.3. The number of amides is 1. The molecule has 0 bridgehead atoms. The third kappa shape index (κ3) is 3.27. The van der Waals surface area contributed by atoms with E-state index < -0.39 is 32.5 Å². The van der Waals surface area contributed by atoms with Crippen LogP contribution in [0.3, 0.4) is 0 Å². The van der Waals surface area contributed by atoms with E-state index in [2.05, 4.69) is 0 Å². The Kier molecular flexibility index (Phi) is 4.68. The van der Waals surface area contributed by atoms with Gasteiger partial charge in [-0.3, -0.25) is 4.79 Å². The lowest BCUT2D eigenvalue weighted by Gasteiger charge is -2.07. The van der Waals surface area contributed by atoms with Gasteiger partial charge in [0.05, 0.1) is 16.9 Å². The minimum absolute atomic E-state index is 0.208. The van der Waals surface area contributed by atoms with Gasteiger partial charge in [0.2, 0.25) is 0 Å². The second-order valence-electron chi connectivity index (χ2n) is 5.43. The molecule has 9 heteroatoms. The number of carbonyl (C=O) groups is 1. The van der Waals surface area contributed by atoms with E-state index in [0.717, 1.165) is 27.5 Å². The van der Waals surface area contributed by atoms with Gasteiger partial charge in [0, 0.05) is 4.70 Å². The fourth-order valence-corrected chi connectivity index (χ4v) is 4.53. The summed E-state index contributed by atoms with van der Waals surface area (Å²) in [6.45, 7) is 1.69. The van der Waals surface area contributed by atoms with E-state index in [0.29, 0.717) is 23.4 Å². The summed E-state index contributed by atoms with van der Waals surface area (Å²) < 4.78 is 58.6. The van der Waals surface area contributed by atoms with Gasteiger partial charge in [0.1, 0.15) is 5.75 Å². The summed E-state index contributed by atoms with van der Waals surface area (Å²) in [5.74, 6) is -2.72. The number of aryl methyl sites for hydroxylation is 1. The maximum absolute atomic E-state index is 13.3. The zero-order valence-electron chi connectivity index (χ0n) is 13.7. The molecule has 3 rings (SSSR count). The number of nitrogens with one attached hydrogen (secondary N) is 1. The second kappa shape index (κ2) is 6.65. The molecule has 1 aromatic heterocycles. The number of hydrogen-bond donors (Lipinski definition) is 1. The summed E-state index contributed by atoms with van der Waals surface area (Å²) in [4.78, 5) is 12.1. The number of thiophene rings is 1. The molecule has 1 heterocycles. The Bertz CT molecular complexity index is 1120. The third-order valence-corrected chi connectivity index (χ3v) is 6.38. The summed E-state index contributed by atoms with van der Waals surface area (Å²) in [6.07, 6.45) is 0. The largest absolute Gasteiger partial charge is 0.497 e. The van der Waals surface area contributed by atoms with Crippen LogP contribution in [0.2, 0.25) is 0 Å². The fourth-order valence-electron chi connectivity index (χ4n) is 2.41. The lowest BCUT2D eigenvalue weighted by Crippen LogP contribution is -2.30. The molecule has 0 saturated carbocycles. The van der Waals surface area contributed by atoms with Crippen molar-refractivity contribution in [1.29, 1.82) is 0 Å². The average molecular weight is 397 g/mol. The monoisotopic (exact) mass is 397 g/mol. The van der Waals surface area contributed by atoms with Crippen molar-refractivity contribution in [3.63, 3.8) is 0 Å². The first-order valence-electron chi connectivity index (χ1n) is 7.32. The number of benzene rings is 2. The summed E-state index contributed by atoms with van der Waals surface area (Å²) >= 11 is 1.13. The predicted molar refractivity (Wildman–Crippen MR) is 94.1 cm³/mol. The Hall–Kier alpha value is -2.52. The van der Waals surface area contributed by atoms with Gasteiger partial charge in [-0.05, 0) is 54.3 Å². The minimum Gasteiger partial charge on any atom is -0.497 e. The molecule has 1 amide bonds. The number of hydrogen-bond acceptors (Lipinski definition) is 5. The van der Waals surface area contributed by atoms with Crippen molar-refractivity contribution >= 4 is 37.4 Å². The van der Waals surface area contributed by atoms with Gasteiger partial charge in [-0.2, -0.15) is 0 Å². The molecular formula is C17H13F2NO4S2. The zero-order chi connectivity index (χ0) is 19.1. The Labute approximate surface area is 152 Å². The molecule has 26 heavy (non-hydrogen) atoms. The molecular weight excluding hydrogens is 384 g/mol. The Morgan fingerprint density at radius 3 is 2.50 bits per heavy atom. The molecule has 0 saturated heterocycles. The number of sulfonamides is 1. The SMILES string of the molecule is COc1ccc2sc(C(=O)NS(=O)(=O)c3ccc(F)c(F)c3)c(C)c2c1. The van der Waals surface area contributed by atoms with Crippen molar-refractivity contribution in [2.75, 3.05) is 7.11 Å². The first kappa shape index (κ1) is 18.3. The minimum atomic E-state index is -4.34. The predicted octanol–water partition coefficient (Wildman–Crippen LogP) is 3.62. The van der Waals surface area contributed by atoms with Crippen molar-refractivity contribution in [3.8, 4) is 5.75 Å². The van der Waals surface area contributed by atoms with Gasteiger partial charge in [0.15, 0.2) is 11.6 Å². The first-order chi connectivity index (χ1) is 12.2. The average Bonchev–Trinajstić information content (AvgIpc) is 2.93. The van der Waals surface area contributed by atoms with Gasteiger partial charge in [0.25, 0.3) is 15.9 Å². The lowest BCUT2D eigenvalue weighted by molar-refractivity contribution is 0.0985. The summed E-state index contributed by atoms with van der Waals surface area (Å²) in [5, 5.41) is 0.768. The van der Waals surface area contributed by atoms with Crippen molar-refractivity contribution in [2.24, 2.45) is 0 Å². The van der Waals surface area contributed by atoms with Crippen LogP contribution >= 0.6 is 11.3 Å². The lowest BCUT2D eigenvalue weighted by atomic mass is 10.1. The van der Waals surface area contributed by atoms with Crippen LogP contribution in [0.25, 0.3) is 10.1 Å². The molecule has 0 aliphatic carbocycles. The highest BCUT2D eigenvalue weighted by Crippen LogP contribution is 2.33. The molecule has 3 aromatic rings. The van der Waals surface area contributed by atoms with Gasteiger partial charge < -0.3 is 4.74 Å².